The van der Waals surface area contributed by atoms with Crippen LogP contribution >= 0.6 is 0 Å². The first-order valence-corrected chi connectivity index (χ1v) is 6.21. The molecule has 0 fully saturated rings. The fraction of sp³-hybridized carbons (Fsp3) is 0.0769. The van der Waals surface area contributed by atoms with E-state index in [0.29, 0.717) is 22.8 Å². The fourth-order valence-electron chi connectivity index (χ4n) is 2.27. The zero-order valence-corrected chi connectivity index (χ0v) is 11.0. The molecule has 21 heavy (non-hydrogen) atoms. The molecule has 0 unspecified atom stereocenters. The van der Waals surface area contributed by atoms with Gasteiger partial charge in [0.1, 0.15) is 0 Å². The number of aryl methyl sites for hydroxylation is 1. The second kappa shape index (κ2) is 4.08. The molecule has 0 N–H and O–H groups in total. The monoisotopic (exact) mass is 276 g/mol. The number of tetrazole rings is 1. The number of fused-ring (bicyclic) bond motifs is 3. The number of hydrogen-bond acceptors (Lipinski definition) is 6. The van der Waals surface area contributed by atoms with E-state index in [-0.39, 0.29) is 0 Å². The van der Waals surface area contributed by atoms with Crippen LogP contribution in [0.15, 0.2) is 30.3 Å². The first kappa shape index (κ1) is 11.5. The normalized spacial score (nSPS) is 11.0. The van der Waals surface area contributed by atoms with Gasteiger partial charge >= 0.3 is 0 Å². The molecule has 8 heteroatoms. The number of nitrogens with zero attached hydrogens (tertiary/aromatic N) is 8. The maximum Gasteiger partial charge on any atom is 0.261 e. The Kier molecular flexibility index (Phi) is 2.23. The highest BCUT2D eigenvalue weighted by atomic mass is 15.5. The molecule has 1 aromatic carbocycles. The summed E-state index contributed by atoms with van der Waals surface area (Å²) < 4.78 is 3.41. The minimum absolute atomic E-state index is 0.550. The van der Waals surface area contributed by atoms with E-state index in [1.165, 1.54) is 0 Å². The Hall–Kier alpha value is -3.34. The van der Waals surface area contributed by atoms with Crippen LogP contribution in [0.1, 0.15) is 11.3 Å². The topological polar surface area (TPSA) is 97.1 Å². The minimum atomic E-state index is 0.550. The third kappa shape index (κ3) is 1.58. The van der Waals surface area contributed by atoms with Crippen molar-refractivity contribution in [3.8, 4) is 17.5 Å². The average molecular weight is 276 g/mol. The molecule has 4 aromatic rings. The van der Waals surface area contributed by atoms with Gasteiger partial charge in [-0.05, 0) is 41.6 Å². The van der Waals surface area contributed by atoms with Crippen LogP contribution in [0.4, 0.5) is 0 Å². The number of rotatable bonds is 1. The van der Waals surface area contributed by atoms with E-state index in [1.54, 1.807) is 21.0 Å². The Morgan fingerprint density at radius 3 is 2.67 bits per heavy atom. The van der Waals surface area contributed by atoms with Crippen LogP contribution in [0.5, 0.6) is 0 Å². The van der Waals surface area contributed by atoms with Gasteiger partial charge < -0.3 is 0 Å². The minimum Gasteiger partial charge on any atom is -0.241 e. The van der Waals surface area contributed by atoms with Crippen LogP contribution in [0.3, 0.4) is 0 Å². The molecule has 0 bridgehead atoms. The summed E-state index contributed by atoms with van der Waals surface area (Å²) in [6, 6.07) is 11.1. The van der Waals surface area contributed by atoms with Gasteiger partial charge in [0.15, 0.2) is 11.5 Å². The summed E-state index contributed by atoms with van der Waals surface area (Å²) >= 11 is 0. The van der Waals surface area contributed by atoms with Gasteiger partial charge in [-0.2, -0.15) is 9.78 Å². The van der Waals surface area contributed by atoms with Crippen molar-refractivity contribution in [2.45, 2.75) is 6.92 Å². The van der Waals surface area contributed by atoms with Crippen molar-refractivity contribution in [2.75, 3.05) is 0 Å². The maximum atomic E-state index is 8.86. The van der Waals surface area contributed by atoms with Gasteiger partial charge in [0.25, 0.3) is 5.78 Å². The molecule has 0 spiro atoms. The van der Waals surface area contributed by atoms with Crippen LogP contribution in [0.2, 0.25) is 0 Å². The molecule has 3 heterocycles. The van der Waals surface area contributed by atoms with Gasteiger partial charge in [0.05, 0.1) is 11.6 Å². The summed E-state index contributed by atoms with van der Waals surface area (Å²) in [5, 5.41) is 28.9. The van der Waals surface area contributed by atoms with Crippen LogP contribution in [-0.4, -0.2) is 34.6 Å². The summed E-state index contributed by atoms with van der Waals surface area (Å²) in [6.45, 7) is 1.90. The summed E-state index contributed by atoms with van der Waals surface area (Å²) in [7, 11) is 0. The van der Waals surface area contributed by atoms with Crippen molar-refractivity contribution in [1.29, 1.82) is 5.26 Å². The Balaban J connectivity index is 2.05. The van der Waals surface area contributed by atoms with E-state index in [2.05, 4.69) is 31.8 Å². The predicted octanol–water partition coefficient (Wildman–Crippen LogP) is 1.01. The van der Waals surface area contributed by atoms with Gasteiger partial charge in [-0.1, -0.05) is 5.10 Å². The highest BCUT2D eigenvalue weighted by Gasteiger charge is 2.14. The molecule has 0 amide bonds. The molecule has 4 rings (SSSR count). The second-order valence-electron chi connectivity index (χ2n) is 4.58. The Bertz CT molecular complexity index is 1000. The van der Waals surface area contributed by atoms with E-state index < -0.39 is 0 Å². The lowest BCUT2D eigenvalue weighted by molar-refractivity contribution is 0.799. The van der Waals surface area contributed by atoms with Gasteiger partial charge in [-0.15, -0.1) is 10.2 Å². The molecule has 3 aromatic heterocycles. The molecule has 0 radical (unpaired) electrons. The van der Waals surface area contributed by atoms with E-state index in [9.17, 15) is 0 Å². The van der Waals surface area contributed by atoms with Crippen molar-refractivity contribution in [1.82, 2.24) is 34.6 Å². The summed E-state index contributed by atoms with van der Waals surface area (Å²) in [6.07, 6.45) is 0. The zero-order valence-electron chi connectivity index (χ0n) is 11.0. The van der Waals surface area contributed by atoms with E-state index in [0.717, 1.165) is 11.3 Å². The molecule has 100 valence electrons. The third-order valence-corrected chi connectivity index (χ3v) is 3.29. The SMILES string of the molecule is Cc1cc2nnc(-c3ccc(C#N)cc3)n2c2nnnn12. The summed E-state index contributed by atoms with van der Waals surface area (Å²) in [4.78, 5) is 0. The van der Waals surface area contributed by atoms with Crippen LogP contribution in [-0.2, 0) is 0 Å². The Labute approximate surface area is 118 Å². The highest BCUT2D eigenvalue weighted by Crippen LogP contribution is 2.21. The molecular formula is C13H8N8. The van der Waals surface area contributed by atoms with E-state index in [4.69, 9.17) is 5.26 Å². The van der Waals surface area contributed by atoms with Crippen LogP contribution < -0.4 is 0 Å². The molecule has 8 nitrogen and oxygen atoms in total. The molecule has 0 aliphatic rings. The smallest absolute Gasteiger partial charge is 0.241 e. The number of nitriles is 1. The first-order valence-electron chi connectivity index (χ1n) is 6.21. The lowest BCUT2D eigenvalue weighted by Gasteiger charge is -2.02. The fourth-order valence-corrected chi connectivity index (χ4v) is 2.27. The summed E-state index contributed by atoms with van der Waals surface area (Å²) in [5.74, 6) is 1.18. The average Bonchev–Trinajstić information content (AvgIpc) is 3.13. The van der Waals surface area contributed by atoms with E-state index >= 15 is 0 Å². The quantitative estimate of drug-likeness (QED) is 0.514. The number of aromatic nitrogens is 7. The molecule has 0 atom stereocenters. The molecule has 0 saturated heterocycles. The predicted molar refractivity (Wildman–Crippen MR) is 72.2 cm³/mol. The van der Waals surface area contributed by atoms with Gasteiger partial charge in [-0.3, -0.25) is 0 Å². The van der Waals surface area contributed by atoms with Gasteiger partial charge in [-0.25, -0.2) is 4.40 Å². The number of benzene rings is 1. The maximum absolute atomic E-state index is 8.86. The van der Waals surface area contributed by atoms with Crippen molar-refractivity contribution < 1.29 is 0 Å². The second-order valence-corrected chi connectivity index (χ2v) is 4.58. The van der Waals surface area contributed by atoms with Crippen molar-refractivity contribution in [2.24, 2.45) is 0 Å². The van der Waals surface area contributed by atoms with Gasteiger partial charge in [0, 0.05) is 17.3 Å². The molecule has 0 saturated carbocycles. The lowest BCUT2D eigenvalue weighted by atomic mass is 10.1. The number of hydrogen-bond donors (Lipinski definition) is 0. The molecule has 0 aliphatic heterocycles. The van der Waals surface area contributed by atoms with Crippen molar-refractivity contribution >= 4 is 11.4 Å². The standard InChI is InChI=1S/C13H8N8/c1-8-6-11-15-16-12(10-4-2-9(7-14)3-5-10)20(11)13-17-18-19-21(8)13/h2-6H,1H3. The van der Waals surface area contributed by atoms with Crippen LogP contribution in [0, 0.1) is 18.3 Å². The Morgan fingerprint density at radius 1 is 1.10 bits per heavy atom. The van der Waals surface area contributed by atoms with E-state index in [1.807, 2.05) is 25.1 Å². The molecular weight excluding hydrogens is 268 g/mol. The zero-order chi connectivity index (χ0) is 14.4. The summed E-state index contributed by atoms with van der Waals surface area (Å²) in [5.41, 5.74) is 2.99. The van der Waals surface area contributed by atoms with Crippen molar-refractivity contribution in [3.63, 3.8) is 0 Å². The highest BCUT2D eigenvalue weighted by molar-refractivity contribution is 5.64. The largest absolute Gasteiger partial charge is 0.261 e. The van der Waals surface area contributed by atoms with Gasteiger partial charge in [0.2, 0.25) is 0 Å². The third-order valence-electron chi connectivity index (χ3n) is 3.29. The lowest BCUT2D eigenvalue weighted by Crippen LogP contribution is -2.01. The Morgan fingerprint density at radius 2 is 1.90 bits per heavy atom. The van der Waals surface area contributed by atoms with Crippen LogP contribution in [0.25, 0.3) is 22.8 Å². The molecule has 0 aliphatic carbocycles. The first-order chi connectivity index (χ1) is 10.3. The van der Waals surface area contributed by atoms with Crippen molar-refractivity contribution in [3.05, 3.63) is 41.6 Å².